The van der Waals surface area contributed by atoms with Crippen LogP contribution in [0.5, 0.6) is 0 Å². The zero-order valence-electron chi connectivity index (χ0n) is 6.87. The van der Waals surface area contributed by atoms with E-state index in [0.717, 1.165) is 10.2 Å². The number of aromatic nitrogens is 1. The Kier molecular flexibility index (Phi) is 2.06. The van der Waals surface area contributed by atoms with Gasteiger partial charge in [0, 0.05) is 5.56 Å². The Labute approximate surface area is 84.2 Å². The third-order valence-electron chi connectivity index (χ3n) is 1.82. The fourth-order valence-electron chi connectivity index (χ4n) is 1.17. The van der Waals surface area contributed by atoms with E-state index in [9.17, 15) is 4.79 Å². The maximum absolute atomic E-state index is 11.1. The summed E-state index contributed by atoms with van der Waals surface area (Å²) >= 11 is 7.52. The van der Waals surface area contributed by atoms with E-state index in [4.69, 9.17) is 11.6 Å². The Balaban J connectivity index is 2.80. The summed E-state index contributed by atoms with van der Waals surface area (Å²) in [6, 6.07) is 3.61. The first-order valence-corrected chi connectivity index (χ1v) is 4.98. The van der Waals surface area contributed by atoms with Crippen molar-refractivity contribution in [3.63, 3.8) is 0 Å². The van der Waals surface area contributed by atoms with E-state index in [1.54, 1.807) is 11.6 Å². The highest BCUT2D eigenvalue weighted by Crippen LogP contribution is 2.28. The molecule has 66 valence electrons. The van der Waals surface area contributed by atoms with Gasteiger partial charge in [-0.2, -0.15) is 0 Å². The monoisotopic (exact) mass is 211 g/mol. The first kappa shape index (κ1) is 8.66. The predicted octanol–water partition coefficient (Wildman–Crippen LogP) is 3.15. The molecule has 2 rings (SSSR count). The first-order valence-electron chi connectivity index (χ1n) is 3.73. The molecule has 4 heteroatoms. The van der Waals surface area contributed by atoms with Crippen LogP contribution < -0.4 is 0 Å². The molecule has 1 heterocycles. The number of hydrogen-bond acceptors (Lipinski definition) is 3. The Morgan fingerprint density at radius 2 is 2.31 bits per heavy atom. The lowest BCUT2D eigenvalue weighted by Gasteiger charge is -1.98. The molecule has 0 aliphatic carbocycles. The smallest absolute Gasteiger partial charge is 0.161 e. The van der Waals surface area contributed by atoms with E-state index in [1.165, 1.54) is 18.3 Å². The highest BCUT2D eigenvalue weighted by atomic mass is 35.5. The number of ketones is 1. The molecular weight excluding hydrogens is 206 g/mol. The topological polar surface area (TPSA) is 30.0 Å². The van der Waals surface area contributed by atoms with E-state index >= 15 is 0 Å². The van der Waals surface area contributed by atoms with Gasteiger partial charge in [-0.1, -0.05) is 11.6 Å². The molecule has 0 bridgehead atoms. The summed E-state index contributed by atoms with van der Waals surface area (Å²) in [5, 5.41) is 0.464. The quantitative estimate of drug-likeness (QED) is 0.679. The van der Waals surface area contributed by atoms with E-state index in [2.05, 4.69) is 4.98 Å². The van der Waals surface area contributed by atoms with Crippen molar-refractivity contribution < 1.29 is 4.79 Å². The summed E-state index contributed by atoms with van der Waals surface area (Å²) in [5.74, 6) is -0.0279. The second-order valence-corrected chi connectivity index (χ2v) is 3.95. The van der Waals surface area contributed by atoms with Crippen LogP contribution in [0.1, 0.15) is 17.3 Å². The number of carbonyl (C=O) groups is 1. The lowest BCUT2D eigenvalue weighted by atomic mass is 10.1. The summed E-state index contributed by atoms with van der Waals surface area (Å²) in [5.41, 5.74) is 2.99. The van der Waals surface area contributed by atoms with Crippen LogP contribution >= 0.6 is 22.9 Å². The van der Waals surface area contributed by atoms with Crippen LogP contribution in [0.15, 0.2) is 17.6 Å². The Bertz CT molecular complexity index is 477. The highest BCUT2D eigenvalue weighted by Gasteiger charge is 2.10. The molecule has 0 spiro atoms. The SMILES string of the molecule is CC(=O)c1ccc2scnc2c1Cl. The molecule has 1 aromatic heterocycles. The zero-order chi connectivity index (χ0) is 9.42. The minimum Gasteiger partial charge on any atom is -0.294 e. The average Bonchev–Trinajstić information content (AvgIpc) is 2.52. The Morgan fingerprint density at radius 3 is 3.00 bits per heavy atom. The maximum atomic E-state index is 11.1. The minimum atomic E-state index is -0.0279. The minimum absolute atomic E-state index is 0.0279. The molecule has 0 atom stereocenters. The molecule has 1 aromatic carbocycles. The fourth-order valence-corrected chi connectivity index (χ4v) is 2.26. The van der Waals surface area contributed by atoms with Crippen molar-refractivity contribution in [2.24, 2.45) is 0 Å². The van der Waals surface area contributed by atoms with Crippen LogP contribution in [0.3, 0.4) is 0 Å². The molecule has 2 nitrogen and oxygen atoms in total. The summed E-state index contributed by atoms with van der Waals surface area (Å²) in [7, 11) is 0. The van der Waals surface area contributed by atoms with Gasteiger partial charge in [-0.05, 0) is 19.1 Å². The predicted molar refractivity (Wildman–Crippen MR) is 54.6 cm³/mol. The molecular formula is C9H6ClNOS. The van der Waals surface area contributed by atoms with Crippen LogP contribution in [-0.2, 0) is 0 Å². The maximum Gasteiger partial charge on any atom is 0.161 e. The zero-order valence-corrected chi connectivity index (χ0v) is 8.45. The van der Waals surface area contributed by atoms with Crippen LogP contribution in [0.2, 0.25) is 5.02 Å². The molecule has 0 saturated heterocycles. The van der Waals surface area contributed by atoms with Crippen molar-refractivity contribution in [2.45, 2.75) is 6.92 Å². The number of hydrogen-bond donors (Lipinski definition) is 0. The standard InChI is InChI=1S/C9H6ClNOS/c1-5(12)6-2-3-7-9(8(6)10)11-4-13-7/h2-4H,1H3. The van der Waals surface area contributed by atoms with Crippen molar-refractivity contribution in [1.82, 2.24) is 4.98 Å². The number of benzene rings is 1. The molecule has 0 radical (unpaired) electrons. The van der Waals surface area contributed by atoms with Gasteiger partial charge in [0.15, 0.2) is 5.78 Å². The summed E-state index contributed by atoms with van der Waals surface area (Å²) in [6.45, 7) is 1.50. The number of Topliss-reactive ketones (excluding diaryl/α,β-unsaturated/α-hetero) is 1. The first-order chi connectivity index (χ1) is 6.20. The second-order valence-electron chi connectivity index (χ2n) is 2.68. The fraction of sp³-hybridized carbons (Fsp3) is 0.111. The van der Waals surface area contributed by atoms with E-state index in [1.807, 2.05) is 6.07 Å². The van der Waals surface area contributed by atoms with E-state index in [0.29, 0.717) is 10.6 Å². The average molecular weight is 212 g/mol. The van der Waals surface area contributed by atoms with Crippen molar-refractivity contribution in [3.8, 4) is 0 Å². The van der Waals surface area contributed by atoms with Crippen LogP contribution in [0.25, 0.3) is 10.2 Å². The largest absolute Gasteiger partial charge is 0.294 e. The number of carbonyl (C=O) groups excluding carboxylic acids is 1. The molecule has 0 aliphatic heterocycles. The number of fused-ring (bicyclic) bond motifs is 1. The lowest BCUT2D eigenvalue weighted by Crippen LogP contribution is -1.92. The van der Waals surface area contributed by atoms with Gasteiger partial charge in [0.2, 0.25) is 0 Å². The molecule has 0 saturated carbocycles. The second kappa shape index (κ2) is 3.09. The number of rotatable bonds is 1. The van der Waals surface area contributed by atoms with E-state index < -0.39 is 0 Å². The van der Waals surface area contributed by atoms with Crippen LogP contribution in [-0.4, -0.2) is 10.8 Å². The Hall–Kier alpha value is -0.930. The molecule has 0 N–H and O–H groups in total. The van der Waals surface area contributed by atoms with Gasteiger partial charge in [0.1, 0.15) is 5.52 Å². The number of nitrogens with zero attached hydrogens (tertiary/aromatic N) is 1. The summed E-state index contributed by atoms with van der Waals surface area (Å²) in [4.78, 5) is 15.2. The van der Waals surface area contributed by atoms with Gasteiger partial charge in [-0.25, -0.2) is 4.98 Å². The summed E-state index contributed by atoms with van der Waals surface area (Å²) < 4.78 is 1.01. The van der Waals surface area contributed by atoms with Crippen molar-refractivity contribution in [2.75, 3.05) is 0 Å². The van der Waals surface area contributed by atoms with Gasteiger partial charge in [0.05, 0.1) is 15.2 Å². The van der Waals surface area contributed by atoms with Gasteiger partial charge in [-0.15, -0.1) is 11.3 Å². The number of thiazole rings is 1. The van der Waals surface area contributed by atoms with Crippen molar-refractivity contribution in [1.29, 1.82) is 0 Å². The normalized spacial score (nSPS) is 10.6. The number of halogens is 1. The molecule has 13 heavy (non-hydrogen) atoms. The van der Waals surface area contributed by atoms with Crippen LogP contribution in [0, 0.1) is 0 Å². The van der Waals surface area contributed by atoms with Crippen molar-refractivity contribution in [3.05, 3.63) is 28.2 Å². The Morgan fingerprint density at radius 1 is 1.54 bits per heavy atom. The van der Waals surface area contributed by atoms with E-state index in [-0.39, 0.29) is 5.78 Å². The van der Waals surface area contributed by atoms with Crippen LogP contribution in [0.4, 0.5) is 0 Å². The molecule has 2 aromatic rings. The molecule has 0 aliphatic rings. The highest BCUT2D eigenvalue weighted by molar-refractivity contribution is 7.16. The molecule has 0 fully saturated rings. The van der Waals surface area contributed by atoms with Gasteiger partial charge < -0.3 is 0 Å². The third kappa shape index (κ3) is 1.34. The van der Waals surface area contributed by atoms with Gasteiger partial charge in [-0.3, -0.25) is 4.79 Å². The third-order valence-corrected chi connectivity index (χ3v) is 3.00. The van der Waals surface area contributed by atoms with Gasteiger partial charge in [0.25, 0.3) is 0 Å². The van der Waals surface area contributed by atoms with Crippen molar-refractivity contribution >= 4 is 38.9 Å². The molecule has 0 amide bonds. The lowest BCUT2D eigenvalue weighted by molar-refractivity contribution is 0.101. The molecule has 0 unspecified atom stereocenters. The summed E-state index contributed by atoms with van der Waals surface area (Å²) in [6.07, 6.45) is 0. The van der Waals surface area contributed by atoms with Gasteiger partial charge >= 0.3 is 0 Å².